The molecule has 0 unspecified atom stereocenters. The number of ether oxygens (including phenoxy) is 1. The van der Waals surface area contributed by atoms with E-state index in [1.54, 1.807) is 24.3 Å². The highest BCUT2D eigenvalue weighted by Crippen LogP contribution is 2.28. The number of amides is 1. The summed E-state index contributed by atoms with van der Waals surface area (Å²) < 4.78 is 32.0. The molecular weight excluding hydrogens is 368 g/mol. The highest BCUT2D eigenvalue weighted by atomic mass is 32.2. The Morgan fingerprint density at radius 1 is 1.15 bits per heavy atom. The second-order valence-electron chi connectivity index (χ2n) is 7.83. The van der Waals surface area contributed by atoms with Crippen molar-refractivity contribution in [2.75, 3.05) is 19.7 Å². The van der Waals surface area contributed by atoms with Crippen LogP contribution in [-0.4, -0.2) is 40.0 Å². The summed E-state index contributed by atoms with van der Waals surface area (Å²) in [6.07, 6.45) is 2.10. The van der Waals surface area contributed by atoms with Gasteiger partial charge < -0.3 is 10.1 Å². The Morgan fingerprint density at radius 3 is 2.33 bits per heavy atom. The van der Waals surface area contributed by atoms with Crippen LogP contribution in [-0.2, 0) is 29.8 Å². The van der Waals surface area contributed by atoms with Crippen LogP contribution in [0.4, 0.5) is 0 Å². The summed E-state index contributed by atoms with van der Waals surface area (Å²) in [6, 6.07) is 6.68. The molecule has 0 aromatic heterocycles. The van der Waals surface area contributed by atoms with Crippen LogP contribution in [0.15, 0.2) is 29.2 Å². The van der Waals surface area contributed by atoms with Crippen LogP contribution in [0.5, 0.6) is 0 Å². The molecule has 0 heterocycles. The van der Waals surface area contributed by atoms with E-state index in [-0.39, 0.29) is 29.8 Å². The van der Waals surface area contributed by atoms with E-state index in [0.717, 1.165) is 18.4 Å². The summed E-state index contributed by atoms with van der Waals surface area (Å²) in [4.78, 5) is 23.3. The van der Waals surface area contributed by atoms with E-state index in [0.29, 0.717) is 12.5 Å². The topological polar surface area (TPSA) is 102 Å². The fraction of sp³-hybridized carbons (Fsp3) is 0.579. The Hall–Kier alpha value is -1.93. The van der Waals surface area contributed by atoms with Gasteiger partial charge in [-0.3, -0.25) is 9.59 Å². The molecule has 2 rings (SSSR count). The van der Waals surface area contributed by atoms with Gasteiger partial charge in [-0.1, -0.05) is 32.9 Å². The molecule has 0 spiro atoms. The predicted octanol–water partition coefficient (Wildman–Crippen LogP) is 1.72. The van der Waals surface area contributed by atoms with Crippen LogP contribution in [0.25, 0.3) is 0 Å². The van der Waals surface area contributed by atoms with Crippen molar-refractivity contribution < 1.29 is 22.7 Å². The molecule has 0 aliphatic heterocycles. The van der Waals surface area contributed by atoms with Crippen molar-refractivity contribution in [3.63, 3.8) is 0 Å². The molecule has 1 amide bonds. The molecule has 7 nitrogen and oxygen atoms in total. The first-order valence-electron chi connectivity index (χ1n) is 9.10. The maximum Gasteiger partial charge on any atom is 0.325 e. The molecule has 1 saturated carbocycles. The highest BCUT2D eigenvalue weighted by Gasteiger charge is 2.23. The van der Waals surface area contributed by atoms with Gasteiger partial charge in [0, 0.05) is 13.0 Å². The van der Waals surface area contributed by atoms with Crippen LogP contribution in [0.2, 0.25) is 0 Å². The largest absolute Gasteiger partial charge is 0.464 e. The van der Waals surface area contributed by atoms with Gasteiger partial charge in [-0.2, -0.15) is 0 Å². The van der Waals surface area contributed by atoms with E-state index < -0.39 is 21.9 Å². The number of esters is 1. The van der Waals surface area contributed by atoms with Gasteiger partial charge in [-0.25, -0.2) is 13.1 Å². The number of sulfonamides is 1. The van der Waals surface area contributed by atoms with E-state index in [4.69, 9.17) is 4.74 Å². The van der Waals surface area contributed by atoms with Gasteiger partial charge in [-0.05, 0) is 41.9 Å². The molecule has 1 aliphatic rings. The van der Waals surface area contributed by atoms with Gasteiger partial charge in [0.15, 0.2) is 0 Å². The Labute approximate surface area is 160 Å². The summed E-state index contributed by atoms with van der Waals surface area (Å²) in [5, 5.41) is 2.43. The second-order valence-corrected chi connectivity index (χ2v) is 9.59. The SMILES string of the molecule is CC(C)(C)c1ccc(S(=O)(=O)NCCC(=O)NCC(=O)OCC2CC2)cc1. The lowest BCUT2D eigenvalue weighted by Gasteiger charge is -2.19. The number of rotatable bonds is 9. The zero-order valence-electron chi connectivity index (χ0n) is 16.1. The molecule has 2 N–H and O–H groups in total. The minimum absolute atomic E-state index is 0.0493. The van der Waals surface area contributed by atoms with Gasteiger partial charge in [0.25, 0.3) is 0 Å². The van der Waals surface area contributed by atoms with Crippen molar-refractivity contribution in [2.45, 2.75) is 50.3 Å². The van der Waals surface area contributed by atoms with Gasteiger partial charge in [0.05, 0.1) is 11.5 Å². The third-order valence-electron chi connectivity index (χ3n) is 4.28. The third-order valence-corrected chi connectivity index (χ3v) is 5.76. The van der Waals surface area contributed by atoms with Crippen LogP contribution >= 0.6 is 0 Å². The molecule has 1 fully saturated rings. The lowest BCUT2D eigenvalue weighted by molar-refractivity contribution is -0.144. The third kappa shape index (κ3) is 7.30. The van der Waals surface area contributed by atoms with E-state index in [2.05, 4.69) is 30.8 Å². The normalized spacial score (nSPS) is 14.6. The quantitative estimate of drug-likeness (QED) is 0.619. The van der Waals surface area contributed by atoms with Gasteiger partial charge in [0.1, 0.15) is 6.54 Å². The fourth-order valence-electron chi connectivity index (χ4n) is 2.32. The molecule has 27 heavy (non-hydrogen) atoms. The summed E-state index contributed by atoms with van der Waals surface area (Å²) in [7, 11) is -3.68. The van der Waals surface area contributed by atoms with Crippen LogP contribution in [0, 0.1) is 5.92 Å². The average molecular weight is 397 g/mol. The molecule has 0 bridgehead atoms. The van der Waals surface area contributed by atoms with Crippen molar-refractivity contribution >= 4 is 21.9 Å². The zero-order chi connectivity index (χ0) is 20.1. The number of carbonyl (C=O) groups excluding carboxylic acids is 2. The average Bonchev–Trinajstić information content (AvgIpc) is 3.42. The maximum absolute atomic E-state index is 12.3. The smallest absolute Gasteiger partial charge is 0.325 e. The molecule has 1 aliphatic carbocycles. The minimum Gasteiger partial charge on any atom is -0.464 e. The summed E-state index contributed by atoms with van der Waals surface area (Å²) in [5.41, 5.74) is 0.975. The first-order chi connectivity index (χ1) is 12.6. The molecule has 150 valence electrons. The monoisotopic (exact) mass is 396 g/mol. The van der Waals surface area contributed by atoms with Crippen molar-refractivity contribution in [3.8, 4) is 0 Å². The van der Waals surface area contributed by atoms with Crippen LogP contribution in [0.1, 0.15) is 45.6 Å². The van der Waals surface area contributed by atoms with E-state index in [1.165, 1.54) is 0 Å². The predicted molar refractivity (Wildman–Crippen MR) is 102 cm³/mol. The molecular formula is C19H28N2O5S. The first kappa shape index (κ1) is 21.4. The molecule has 0 radical (unpaired) electrons. The van der Waals surface area contributed by atoms with Crippen LogP contribution in [0.3, 0.4) is 0 Å². The fourth-order valence-corrected chi connectivity index (χ4v) is 3.35. The Morgan fingerprint density at radius 2 is 1.78 bits per heavy atom. The maximum atomic E-state index is 12.3. The Bertz CT molecular complexity index is 762. The van der Waals surface area contributed by atoms with Crippen molar-refractivity contribution in [3.05, 3.63) is 29.8 Å². The first-order valence-corrected chi connectivity index (χ1v) is 10.6. The number of carbonyl (C=O) groups is 2. The summed E-state index contributed by atoms with van der Waals surface area (Å²) >= 11 is 0. The number of nitrogens with one attached hydrogen (secondary N) is 2. The molecule has 0 saturated heterocycles. The minimum atomic E-state index is -3.68. The summed E-state index contributed by atoms with van der Waals surface area (Å²) in [6.45, 7) is 6.31. The van der Waals surface area contributed by atoms with E-state index in [9.17, 15) is 18.0 Å². The highest BCUT2D eigenvalue weighted by molar-refractivity contribution is 7.89. The molecule has 1 aromatic rings. The molecule has 1 aromatic carbocycles. The van der Waals surface area contributed by atoms with Gasteiger partial charge in [0.2, 0.25) is 15.9 Å². The second kappa shape index (κ2) is 8.84. The zero-order valence-corrected chi connectivity index (χ0v) is 16.9. The number of hydrogen-bond acceptors (Lipinski definition) is 5. The lowest BCUT2D eigenvalue weighted by atomic mass is 9.87. The van der Waals surface area contributed by atoms with Gasteiger partial charge in [-0.15, -0.1) is 0 Å². The van der Waals surface area contributed by atoms with E-state index in [1.807, 2.05) is 0 Å². The van der Waals surface area contributed by atoms with Crippen molar-refractivity contribution in [1.29, 1.82) is 0 Å². The van der Waals surface area contributed by atoms with Gasteiger partial charge >= 0.3 is 5.97 Å². The molecule has 0 atom stereocenters. The van der Waals surface area contributed by atoms with Crippen molar-refractivity contribution in [2.24, 2.45) is 5.92 Å². The van der Waals surface area contributed by atoms with E-state index >= 15 is 0 Å². The number of benzene rings is 1. The Balaban J connectivity index is 1.72. The summed E-state index contributed by atoms with van der Waals surface area (Å²) in [5.74, 6) is -0.421. The lowest BCUT2D eigenvalue weighted by Crippen LogP contribution is -2.34. The Kier molecular flexibility index (Phi) is 7.00. The molecule has 8 heteroatoms. The standard InChI is InChI=1S/C19H28N2O5S/c1-19(2,3)15-6-8-16(9-7-15)27(24,25)21-11-10-17(22)20-12-18(23)26-13-14-4-5-14/h6-9,14,21H,4-5,10-13H2,1-3H3,(H,20,22). The van der Waals surface area contributed by atoms with Crippen molar-refractivity contribution in [1.82, 2.24) is 10.0 Å². The van der Waals surface area contributed by atoms with Crippen LogP contribution < -0.4 is 10.0 Å². The number of hydrogen-bond donors (Lipinski definition) is 2.